The van der Waals surface area contributed by atoms with Gasteiger partial charge in [-0.2, -0.15) is 5.26 Å². The lowest BCUT2D eigenvalue weighted by Gasteiger charge is -2.51. The van der Waals surface area contributed by atoms with Gasteiger partial charge in [0.2, 0.25) is 0 Å². The number of nitriles is 1. The predicted octanol–water partition coefficient (Wildman–Crippen LogP) is 4.67. The van der Waals surface area contributed by atoms with Crippen LogP contribution >= 0.6 is 0 Å². The molecule has 1 fully saturated rings. The Morgan fingerprint density at radius 2 is 2.08 bits per heavy atom. The molecule has 1 N–H and O–H groups in total. The maximum Gasteiger partial charge on any atom is 0.0836 e. The fourth-order valence-electron chi connectivity index (χ4n) is 6.45. The summed E-state index contributed by atoms with van der Waals surface area (Å²) in [4.78, 5) is 0. The van der Waals surface area contributed by atoms with Gasteiger partial charge in [-0.3, -0.25) is 0 Å². The van der Waals surface area contributed by atoms with Crippen molar-refractivity contribution in [3.8, 4) is 6.07 Å². The third-order valence-corrected chi connectivity index (χ3v) is 8.27. The molecule has 3 nitrogen and oxygen atoms in total. The third kappa shape index (κ3) is 2.37. The van der Waals surface area contributed by atoms with Crippen LogP contribution in [0.1, 0.15) is 71.6 Å². The summed E-state index contributed by atoms with van der Waals surface area (Å²) in [6.07, 6.45) is 11.2. The number of rotatable bonds is 2. The van der Waals surface area contributed by atoms with E-state index in [4.69, 9.17) is 4.74 Å². The zero-order valence-corrected chi connectivity index (χ0v) is 15.9. The van der Waals surface area contributed by atoms with E-state index in [1.807, 2.05) is 7.11 Å². The lowest BCUT2D eigenvalue weighted by molar-refractivity contribution is -0.0752. The molecular formula is C22H31NO2. The molecule has 0 aromatic carbocycles. The largest absolute Gasteiger partial charge is 0.388 e. The topological polar surface area (TPSA) is 53.2 Å². The van der Waals surface area contributed by atoms with E-state index in [-0.39, 0.29) is 17.4 Å². The summed E-state index contributed by atoms with van der Waals surface area (Å²) in [6.45, 7) is 4.48. The molecule has 5 atom stereocenters. The van der Waals surface area contributed by atoms with Crippen molar-refractivity contribution in [3.63, 3.8) is 0 Å². The number of fused-ring (bicyclic) bond motifs is 4. The molecule has 0 heterocycles. The normalized spacial score (nSPS) is 46.0. The van der Waals surface area contributed by atoms with Crippen LogP contribution in [-0.4, -0.2) is 23.4 Å². The van der Waals surface area contributed by atoms with E-state index in [0.717, 1.165) is 38.5 Å². The van der Waals surface area contributed by atoms with Crippen LogP contribution in [0.25, 0.3) is 0 Å². The highest BCUT2D eigenvalue weighted by atomic mass is 16.5. The van der Waals surface area contributed by atoms with Crippen LogP contribution in [0, 0.1) is 28.6 Å². The average Bonchev–Trinajstić information content (AvgIpc) is 2.86. The second kappa shape index (κ2) is 5.69. The number of nitrogens with zero attached hydrogens (tertiary/aromatic N) is 1. The Bertz CT molecular complexity index is 687. The number of hydrogen-bond donors (Lipinski definition) is 1. The number of hydrogen-bond acceptors (Lipinski definition) is 3. The Morgan fingerprint density at radius 3 is 2.80 bits per heavy atom. The number of ether oxygens (including phenoxy) is 1. The molecule has 4 rings (SSSR count). The second-order valence-electron chi connectivity index (χ2n) is 9.35. The van der Waals surface area contributed by atoms with E-state index in [1.165, 1.54) is 12.8 Å². The summed E-state index contributed by atoms with van der Waals surface area (Å²) >= 11 is 0. The zero-order chi connectivity index (χ0) is 17.9. The van der Waals surface area contributed by atoms with Crippen LogP contribution in [-0.2, 0) is 4.74 Å². The maximum absolute atomic E-state index is 11.2. The molecule has 0 spiro atoms. The lowest BCUT2D eigenvalue weighted by atomic mass is 9.55. The fourth-order valence-corrected chi connectivity index (χ4v) is 6.45. The van der Waals surface area contributed by atoms with Crippen molar-refractivity contribution >= 4 is 0 Å². The van der Waals surface area contributed by atoms with Crippen LogP contribution in [0.3, 0.4) is 0 Å². The molecule has 0 aromatic rings. The quantitative estimate of drug-likeness (QED) is 0.794. The number of methoxy groups -OCH3 is 1. The van der Waals surface area contributed by atoms with E-state index in [0.29, 0.717) is 11.8 Å². The van der Waals surface area contributed by atoms with E-state index in [1.54, 1.807) is 16.7 Å². The summed E-state index contributed by atoms with van der Waals surface area (Å²) < 4.78 is 5.79. The van der Waals surface area contributed by atoms with Crippen molar-refractivity contribution in [2.45, 2.75) is 82.8 Å². The van der Waals surface area contributed by atoms with Gasteiger partial charge >= 0.3 is 0 Å². The van der Waals surface area contributed by atoms with Crippen LogP contribution in [0.2, 0.25) is 0 Å². The molecule has 3 unspecified atom stereocenters. The molecule has 0 aliphatic heterocycles. The van der Waals surface area contributed by atoms with Gasteiger partial charge < -0.3 is 9.84 Å². The van der Waals surface area contributed by atoms with Gasteiger partial charge in [-0.1, -0.05) is 18.6 Å². The molecule has 0 amide bonds. The van der Waals surface area contributed by atoms with E-state index < -0.39 is 5.60 Å². The van der Waals surface area contributed by atoms with E-state index >= 15 is 0 Å². The van der Waals surface area contributed by atoms with Crippen LogP contribution < -0.4 is 0 Å². The van der Waals surface area contributed by atoms with Crippen LogP contribution in [0.15, 0.2) is 22.8 Å². The van der Waals surface area contributed by atoms with Crippen molar-refractivity contribution in [2.75, 3.05) is 7.11 Å². The molecule has 3 heteroatoms. The molecule has 25 heavy (non-hydrogen) atoms. The lowest BCUT2D eigenvalue weighted by Crippen LogP contribution is -2.48. The van der Waals surface area contributed by atoms with Crippen molar-refractivity contribution in [3.05, 3.63) is 22.8 Å². The van der Waals surface area contributed by atoms with Crippen molar-refractivity contribution < 1.29 is 9.84 Å². The fraction of sp³-hybridized carbons (Fsp3) is 0.773. The summed E-state index contributed by atoms with van der Waals surface area (Å²) in [5.74, 6) is 1.10. The Balaban J connectivity index is 1.68. The van der Waals surface area contributed by atoms with Crippen LogP contribution in [0.5, 0.6) is 0 Å². The summed E-state index contributed by atoms with van der Waals surface area (Å²) in [5.41, 5.74) is 3.89. The smallest absolute Gasteiger partial charge is 0.0836 e. The average molecular weight is 341 g/mol. The minimum absolute atomic E-state index is 0.00974. The maximum atomic E-state index is 11.2. The molecule has 4 aliphatic rings. The first-order valence-corrected chi connectivity index (χ1v) is 9.92. The van der Waals surface area contributed by atoms with E-state index in [2.05, 4.69) is 26.0 Å². The Morgan fingerprint density at radius 1 is 1.28 bits per heavy atom. The van der Waals surface area contributed by atoms with Crippen molar-refractivity contribution in [1.29, 1.82) is 5.26 Å². The zero-order valence-electron chi connectivity index (χ0n) is 15.9. The second-order valence-corrected chi connectivity index (χ2v) is 9.35. The van der Waals surface area contributed by atoms with Gasteiger partial charge in [0.1, 0.15) is 0 Å². The Hall–Kier alpha value is -1.11. The first-order valence-electron chi connectivity index (χ1n) is 9.92. The summed E-state index contributed by atoms with van der Waals surface area (Å²) in [7, 11) is 1.84. The molecule has 1 saturated carbocycles. The van der Waals surface area contributed by atoms with Gasteiger partial charge in [-0.25, -0.2) is 0 Å². The molecule has 4 aliphatic carbocycles. The highest BCUT2D eigenvalue weighted by molar-refractivity contribution is 5.45. The SMILES string of the molecule is COC1(C)CCC2=C(CCC3C2=CC[C@@]2(C)C3CC[C@@]2(O)CC#N)C1. The minimum atomic E-state index is -0.801. The molecule has 136 valence electrons. The molecular weight excluding hydrogens is 310 g/mol. The monoisotopic (exact) mass is 341 g/mol. The number of allylic oxidation sites excluding steroid dienone is 3. The summed E-state index contributed by atoms with van der Waals surface area (Å²) in [5, 5.41) is 20.4. The van der Waals surface area contributed by atoms with Crippen molar-refractivity contribution in [2.24, 2.45) is 17.3 Å². The highest BCUT2D eigenvalue weighted by Gasteiger charge is 2.60. The van der Waals surface area contributed by atoms with Gasteiger partial charge in [-0.05, 0) is 81.3 Å². The predicted molar refractivity (Wildman–Crippen MR) is 97.7 cm³/mol. The van der Waals surface area contributed by atoms with Gasteiger partial charge in [0, 0.05) is 12.5 Å². The van der Waals surface area contributed by atoms with Gasteiger partial charge in [-0.15, -0.1) is 0 Å². The van der Waals surface area contributed by atoms with Gasteiger partial charge in [0.25, 0.3) is 0 Å². The first-order chi connectivity index (χ1) is 11.9. The van der Waals surface area contributed by atoms with E-state index in [9.17, 15) is 10.4 Å². The standard InChI is InChI=1S/C22H31NO2/c1-20(25-3)9-6-16-15(14-20)4-5-18-17(16)7-10-21(2)19(18)8-11-22(21,24)12-13-23/h7,18-19,24H,4-6,8-12,14H2,1-3H3/t18?,19?,20?,21-,22+/m0/s1. The summed E-state index contributed by atoms with van der Waals surface area (Å²) in [6, 6.07) is 2.25. The Kier molecular flexibility index (Phi) is 3.94. The molecule has 0 bridgehead atoms. The third-order valence-electron chi connectivity index (χ3n) is 8.27. The molecule has 0 saturated heterocycles. The van der Waals surface area contributed by atoms with Gasteiger partial charge in [0.05, 0.1) is 23.7 Å². The first kappa shape index (κ1) is 17.3. The minimum Gasteiger partial charge on any atom is -0.388 e. The highest BCUT2D eigenvalue weighted by Crippen LogP contribution is 2.63. The molecule has 0 radical (unpaired) electrons. The Labute approximate surface area is 151 Å². The number of aliphatic hydroxyl groups is 1. The van der Waals surface area contributed by atoms with Gasteiger partial charge in [0.15, 0.2) is 0 Å². The van der Waals surface area contributed by atoms with Crippen LogP contribution in [0.4, 0.5) is 0 Å². The molecule has 0 aromatic heterocycles. The van der Waals surface area contributed by atoms with Crippen molar-refractivity contribution in [1.82, 2.24) is 0 Å².